The van der Waals surface area contributed by atoms with Crippen molar-refractivity contribution in [3.63, 3.8) is 0 Å². The quantitative estimate of drug-likeness (QED) is 0.756. The molecule has 86 valence electrons. The number of anilines is 1. The Bertz CT molecular complexity index is 659. The molecule has 3 aromatic heterocycles. The van der Waals surface area contributed by atoms with Crippen molar-refractivity contribution in [2.75, 3.05) is 5.73 Å². The SMILES string of the molecule is Nc1nc2cncc(Cl)c2n1Cc1ccoc1. The van der Waals surface area contributed by atoms with Crippen molar-refractivity contribution in [3.05, 3.63) is 41.6 Å². The second-order valence-corrected chi connectivity index (χ2v) is 4.08. The largest absolute Gasteiger partial charge is 0.472 e. The molecular weight excluding hydrogens is 240 g/mol. The van der Waals surface area contributed by atoms with Gasteiger partial charge < -0.3 is 14.7 Å². The summed E-state index contributed by atoms with van der Waals surface area (Å²) in [6.07, 6.45) is 6.51. The highest BCUT2D eigenvalue weighted by Gasteiger charge is 2.12. The van der Waals surface area contributed by atoms with Crippen LogP contribution in [0.4, 0.5) is 5.95 Å². The Morgan fingerprint density at radius 1 is 1.41 bits per heavy atom. The van der Waals surface area contributed by atoms with E-state index in [0.29, 0.717) is 23.0 Å². The second-order valence-electron chi connectivity index (χ2n) is 3.68. The van der Waals surface area contributed by atoms with Crippen LogP contribution in [0.3, 0.4) is 0 Å². The molecule has 3 aromatic rings. The van der Waals surface area contributed by atoms with Gasteiger partial charge in [-0.05, 0) is 6.07 Å². The highest BCUT2D eigenvalue weighted by atomic mass is 35.5. The maximum atomic E-state index is 6.11. The lowest BCUT2D eigenvalue weighted by Gasteiger charge is -2.04. The van der Waals surface area contributed by atoms with E-state index in [1.54, 1.807) is 24.9 Å². The minimum absolute atomic E-state index is 0.413. The molecule has 0 aliphatic heterocycles. The smallest absolute Gasteiger partial charge is 0.201 e. The number of nitrogens with zero attached hydrogens (tertiary/aromatic N) is 3. The summed E-state index contributed by atoms with van der Waals surface area (Å²) in [5.74, 6) is 0.413. The molecule has 0 saturated carbocycles. The third-order valence-electron chi connectivity index (χ3n) is 2.56. The predicted octanol–water partition coefficient (Wildman–Crippen LogP) is 2.31. The summed E-state index contributed by atoms with van der Waals surface area (Å²) >= 11 is 6.11. The van der Waals surface area contributed by atoms with Gasteiger partial charge in [0.05, 0.1) is 35.8 Å². The van der Waals surface area contributed by atoms with E-state index in [0.717, 1.165) is 11.1 Å². The van der Waals surface area contributed by atoms with Crippen LogP contribution in [0, 0.1) is 0 Å². The highest BCUT2D eigenvalue weighted by molar-refractivity contribution is 6.34. The van der Waals surface area contributed by atoms with Gasteiger partial charge in [0.1, 0.15) is 5.52 Å². The molecule has 2 N–H and O–H groups in total. The molecule has 0 aromatic carbocycles. The first-order valence-electron chi connectivity index (χ1n) is 5.02. The van der Waals surface area contributed by atoms with Crippen molar-refractivity contribution in [3.8, 4) is 0 Å². The topological polar surface area (TPSA) is 69.9 Å². The number of halogens is 1. The monoisotopic (exact) mass is 248 g/mol. The zero-order valence-corrected chi connectivity index (χ0v) is 9.55. The van der Waals surface area contributed by atoms with Gasteiger partial charge >= 0.3 is 0 Å². The lowest BCUT2D eigenvalue weighted by atomic mass is 10.3. The first kappa shape index (κ1) is 10.2. The number of fused-ring (bicyclic) bond motifs is 1. The Labute approximate surface area is 102 Å². The van der Waals surface area contributed by atoms with Gasteiger partial charge in [0.2, 0.25) is 5.95 Å². The fourth-order valence-electron chi connectivity index (χ4n) is 1.79. The van der Waals surface area contributed by atoms with E-state index >= 15 is 0 Å². The van der Waals surface area contributed by atoms with E-state index in [4.69, 9.17) is 21.8 Å². The summed E-state index contributed by atoms with van der Waals surface area (Å²) in [5.41, 5.74) is 8.36. The zero-order chi connectivity index (χ0) is 11.8. The second kappa shape index (κ2) is 3.78. The lowest BCUT2D eigenvalue weighted by molar-refractivity contribution is 0.562. The molecule has 0 bridgehead atoms. The van der Waals surface area contributed by atoms with Gasteiger partial charge in [-0.25, -0.2) is 4.98 Å². The van der Waals surface area contributed by atoms with E-state index in [9.17, 15) is 0 Å². The van der Waals surface area contributed by atoms with Gasteiger partial charge in [-0.1, -0.05) is 11.6 Å². The van der Waals surface area contributed by atoms with Gasteiger partial charge in [0, 0.05) is 11.8 Å². The van der Waals surface area contributed by atoms with Crippen LogP contribution >= 0.6 is 11.6 Å². The third-order valence-corrected chi connectivity index (χ3v) is 2.83. The summed E-state index contributed by atoms with van der Waals surface area (Å²) < 4.78 is 6.86. The third kappa shape index (κ3) is 1.64. The summed E-state index contributed by atoms with van der Waals surface area (Å²) in [4.78, 5) is 8.20. The summed E-state index contributed by atoms with van der Waals surface area (Å²) in [6.45, 7) is 0.572. The minimum atomic E-state index is 0.413. The number of nitrogen functional groups attached to an aromatic ring is 1. The number of nitrogens with two attached hydrogens (primary N) is 1. The number of hydrogen-bond acceptors (Lipinski definition) is 4. The molecule has 17 heavy (non-hydrogen) atoms. The van der Waals surface area contributed by atoms with Gasteiger partial charge in [-0.15, -0.1) is 0 Å². The van der Waals surface area contributed by atoms with E-state index < -0.39 is 0 Å². The molecule has 0 unspecified atom stereocenters. The first-order chi connectivity index (χ1) is 8.25. The molecular formula is C11H9ClN4O. The molecule has 0 aliphatic carbocycles. The number of hydrogen-bond donors (Lipinski definition) is 1. The van der Waals surface area contributed by atoms with E-state index in [1.807, 2.05) is 10.6 Å². The first-order valence-corrected chi connectivity index (χ1v) is 5.40. The van der Waals surface area contributed by atoms with Gasteiger partial charge in [0.25, 0.3) is 0 Å². The molecule has 0 radical (unpaired) electrons. The van der Waals surface area contributed by atoms with Crippen molar-refractivity contribution in [2.24, 2.45) is 0 Å². The molecule has 3 heterocycles. The predicted molar refractivity (Wildman–Crippen MR) is 64.8 cm³/mol. The van der Waals surface area contributed by atoms with Crippen molar-refractivity contribution < 1.29 is 4.42 Å². The molecule has 3 rings (SSSR count). The van der Waals surface area contributed by atoms with Crippen molar-refractivity contribution in [2.45, 2.75) is 6.54 Å². The fourth-order valence-corrected chi connectivity index (χ4v) is 2.05. The van der Waals surface area contributed by atoms with Gasteiger partial charge in [0.15, 0.2) is 0 Å². The van der Waals surface area contributed by atoms with Crippen molar-refractivity contribution >= 4 is 28.6 Å². The minimum Gasteiger partial charge on any atom is -0.472 e. The molecule has 0 aliphatic rings. The van der Waals surface area contributed by atoms with Crippen LogP contribution in [-0.4, -0.2) is 14.5 Å². The summed E-state index contributed by atoms with van der Waals surface area (Å²) in [5, 5.41) is 0.537. The van der Waals surface area contributed by atoms with E-state index in [-0.39, 0.29) is 0 Å². The fraction of sp³-hybridized carbons (Fsp3) is 0.0909. The lowest BCUT2D eigenvalue weighted by Crippen LogP contribution is -2.04. The number of imidazole rings is 1. The maximum absolute atomic E-state index is 6.11. The maximum Gasteiger partial charge on any atom is 0.201 e. The van der Waals surface area contributed by atoms with Crippen LogP contribution in [0.25, 0.3) is 11.0 Å². The molecule has 0 amide bonds. The Hall–Kier alpha value is -2.01. The summed E-state index contributed by atoms with van der Waals surface area (Å²) in [7, 11) is 0. The summed E-state index contributed by atoms with van der Waals surface area (Å²) in [6, 6.07) is 1.88. The van der Waals surface area contributed by atoms with Crippen LogP contribution in [-0.2, 0) is 6.54 Å². The number of furan rings is 1. The molecule has 0 saturated heterocycles. The van der Waals surface area contributed by atoms with Crippen LogP contribution in [0.2, 0.25) is 5.02 Å². The van der Waals surface area contributed by atoms with Gasteiger partial charge in [-0.3, -0.25) is 4.98 Å². The molecule has 5 nitrogen and oxygen atoms in total. The van der Waals surface area contributed by atoms with Crippen LogP contribution < -0.4 is 5.73 Å². The number of rotatable bonds is 2. The normalized spacial score (nSPS) is 11.1. The number of aromatic nitrogens is 3. The molecule has 0 fully saturated rings. The van der Waals surface area contributed by atoms with E-state index in [2.05, 4.69) is 9.97 Å². The standard InChI is InChI=1S/C11H9ClN4O/c12-8-3-14-4-9-10(8)16(11(13)15-9)5-7-1-2-17-6-7/h1-4,6H,5H2,(H2,13,15). The van der Waals surface area contributed by atoms with Gasteiger partial charge in [-0.2, -0.15) is 0 Å². The average molecular weight is 249 g/mol. The Kier molecular flexibility index (Phi) is 2.26. The van der Waals surface area contributed by atoms with Crippen LogP contribution in [0.5, 0.6) is 0 Å². The Balaban J connectivity index is 2.18. The zero-order valence-electron chi connectivity index (χ0n) is 8.80. The van der Waals surface area contributed by atoms with Crippen molar-refractivity contribution in [1.29, 1.82) is 0 Å². The molecule has 6 heteroatoms. The Morgan fingerprint density at radius 3 is 3.06 bits per heavy atom. The van der Waals surface area contributed by atoms with Crippen molar-refractivity contribution in [1.82, 2.24) is 14.5 Å². The molecule has 0 atom stereocenters. The highest BCUT2D eigenvalue weighted by Crippen LogP contribution is 2.25. The van der Waals surface area contributed by atoms with E-state index in [1.165, 1.54) is 0 Å². The van der Waals surface area contributed by atoms with Crippen LogP contribution in [0.1, 0.15) is 5.56 Å². The number of pyridine rings is 1. The average Bonchev–Trinajstić information content (AvgIpc) is 2.89. The Morgan fingerprint density at radius 2 is 2.29 bits per heavy atom. The van der Waals surface area contributed by atoms with Crippen LogP contribution in [0.15, 0.2) is 35.4 Å². The molecule has 0 spiro atoms.